The molecule has 0 saturated heterocycles. The highest BCUT2D eigenvalue weighted by Gasteiger charge is 2.29. The molecule has 2 amide bonds. The van der Waals surface area contributed by atoms with Crippen molar-refractivity contribution in [1.82, 2.24) is 4.90 Å². The average molecular weight is 717 g/mol. The summed E-state index contributed by atoms with van der Waals surface area (Å²) in [6, 6.07) is 17.8. The Labute approximate surface area is 280 Å². The topological polar surface area (TPSA) is 69.0 Å². The van der Waals surface area contributed by atoms with Crippen LogP contribution in [-0.2, 0) is 13.1 Å². The molecule has 0 aliphatic carbocycles. The van der Waals surface area contributed by atoms with E-state index < -0.39 is 11.8 Å². The van der Waals surface area contributed by atoms with Crippen molar-refractivity contribution in [2.24, 2.45) is 0 Å². The lowest BCUT2D eigenvalue weighted by Crippen LogP contribution is -3.00. The summed E-state index contributed by atoms with van der Waals surface area (Å²) < 4.78 is 19.1. The van der Waals surface area contributed by atoms with Crippen molar-refractivity contribution in [2.45, 2.75) is 91.1 Å². The molecule has 0 fully saturated rings. The molecule has 0 atom stereocenters. The fraction of sp³-hybridized carbons (Fsp3) is 0.472. The fourth-order valence-electron chi connectivity index (χ4n) is 5.18. The van der Waals surface area contributed by atoms with Crippen LogP contribution in [0.4, 0.5) is 0 Å². The second-order valence-electron chi connectivity index (χ2n) is 10.8. The van der Waals surface area contributed by atoms with Gasteiger partial charge in [-0.15, -0.1) is 0 Å². The number of aryl methyl sites for hydroxylation is 1. The van der Waals surface area contributed by atoms with Gasteiger partial charge in [-0.25, -0.2) is 4.57 Å². The lowest BCUT2D eigenvalue weighted by atomic mass is 10.1. The summed E-state index contributed by atoms with van der Waals surface area (Å²) in [5, 5.41) is 0. The first-order valence-electron chi connectivity index (χ1n) is 15.8. The third kappa shape index (κ3) is 11.1. The number of ether oxygens (including phenoxy) is 3. The van der Waals surface area contributed by atoms with Gasteiger partial charge in [0.1, 0.15) is 18.8 Å². The predicted octanol–water partition coefficient (Wildman–Crippen LogP) is 4.80. The molecule has 3 rings (SSSR count). The number of amides is 2. The van der Waals surface area contributed by atoms with Gasteiger partial charge in [0.25, 0.3) is 11.8 Å². The number of methoxy groups -OCH3 is 2. The van der Waals surface area contributed by atoms with Crippen molar-refractivity contribution >= 4 is 11.8 Å². The molecule has 0 spiro atoms. The maximum atomic E-state index is 14.0. The van der Waals surface area contributed by atoms with Crippen LogP contribution in [0.1, 0.15) is 104 Å². The van der Waals surface area contributed by atoms with Gasteiger partial charge in [-0.1, -0.05) is 82.9 Å². The van der Waals surface area contributed by atoms with Crippen molar-refractivity contribution in [3.8, 4) is 17.2 Å². The number of rotatable bonds is 19. The molecule has 0 aliphatic heterocycles. The van der Waals surface area contributed by atoms with E-state index in [4.69, 9.17) is 14.2 Å². The van der Waals surface area contributed by atoms with E-state index in [9.17, 15) is 9.59 Å². The second-order valence-corrected chi connectivity index (χ2v) is 10.8. The van der Waals surface area contributed by atoms with Gasteiger partial charge in [0, 0.05) is 17.7 Å². The van der Waals surface area contributed by atoms with E-state index in [2.05, 4.69) is 6.92 Å². The number of hydrogen-bond acceptors (Lipinski definition) is 5. The standard InChI is InChI=1S/C36H49N2O5.HI/c1-5-7-8-9-10-11-12-13-14-19-26-43-33-24-23-29(27-34(33)42-4)35(39)38(28-30-20-17-18-25-37(30)6-2)36(40)31-21-15-16-22-32(31)41-3;/h15-18,20-25,27H,5-14,19,26,28H2,1-4H3;1H/q+1;/p-1. The molecule has 2 aromatic carbocycles. The predicted molar refractivity (Wildman–Crippen MR) is 170 cm³/mol. The number of pyridine rings is 1. The molecule has 3 aromatic rings. The Morgan fingerprint density at radius 1 is 0.705 bits per heavy atom. The number of carbonyl (C=O) groups is 2. The zero-order valence-corrected chi connectivity index (χ0v) is 29.0. The number of aromatic nitrogens is 1. The van der Waals surface area contributed by atoms with E-state index in [1.54, 1.807) is 49.6 Å². The Bertz CT molecular complexity index is 1300. The summed E-state index contributed by atoms with van der Waals surface area (Å²) in [4.78, 5) is 29.1. The van der Waals surface area contributed by atoms with Gasteiger partial charge in [-0.05, 0) is 43.7 Å². The molecule has 0 saturated carbocycles. The van der Waals surface area contributed by atoms with E-state index >= 15 is 0 Å². The maximum absolute atomic E-state index is 14.0. The van der Waals surface area contributed by atoms with E-state index in [0.29, 0.717) is 41.5 Å². The number of carbonyl (C=O) groups excluding carboxylic acids is 2. The summed E-state index contributed by atoms with van der Waals surface area (Å²) in [6.45, 7) is 5.67. The van der Waals surface area contributed by atoms with Crippen molar-refractivity contribution in [1.29, 1.82) is 0 Å². The van der Waals surface area contributed by atoms with Crippen LogP contribution < -0.4 is 42.8 Å². The largest absolute Gasteiger partial charge is 1.00 e. The number of imide groups is 1. The van der Waals surface area contributed by atoms with Crippen molar-refractivity contribution in [3.63, 3.8) is 0 Å². The van der Waals surface area contributed by atoms with Gasteiger partial charge in [0.05, 0.1) is 26.4 Å². The lowest BCUT2D eigenvalue weighted by molar-refractivity contribution is -0.701. The van der Waals surface area contributed by atoms with Gasteiger partial charge >= 0.3 is 0 Å². The van der Waals surface area contributed by atoms with Crippen molar-refractivity contribution in [3.05, 3.63) is 83.7 Å². The summed E-state index contributed by atoms with van der Waals surface area (Å²) in [6.07, 6.45) is 14.5. The highest BCUT2D eigenvalue weighted by atomic mass is 127. The van der Waals surface area contributed by atoms with Crippen LogP contribution in [-0.4, -0.2) is 37.5 Å². The van der Waals surface area contributed by atoms with E-state index in [1.165, 1.54) is 63.4 Å². The third-order valence-electron chi connectivity index (χ3n) is 7.69. The monoisotopic (exact) mass is 716 g/mol. The number of benzene rings is 2. The molecule has 1 heterocycles. The first kappa shape index (κ1) is 37.0. The average Bonchev–Trinajstić information content (AvgIpc) is 3.05. The van der Waals surface area contributed by atoms with Gasteiger partial charge in [0.15, 0.2) is 17.7 Å². The minimum atomic E-state index is -0.436. The molecule has 0 bridgehead atoms. The Hall–Kier alpha value is -3.14. The summed E-state index contributed by atoms with van der Waals surface area (Å²) in [5.74, 6) is 0.599. The molecule has 8 heteroatoms. The van der Waals surface area contributed by atoms with Crippen LogP contribution in [0.5, 0.6) is 17.2 Å². The number of para-hydroxylation sites is 1. The second kappa shape index (κ2) is 20.7. The molecule has 0 aliphatic rings. The van der Waals surface area contributed by atoms with Crippen LogP contribution in [0.2, 0.25) is 0 Å². The molecular formula is C36H49IN2O5. The molecular weight excluding hydrogens is 667 g/mol. The highest BCUT2D eigenvalue weighted by Crippen LogP contribution is 2.30. The SMILES string of the molecule is CCCCCCCCCCCCOc1ccc(C(=O)N(Cc2cccc[n+]2CC)C(=O)c2ccccc2OC)cc1OC.[I-]. The molecule has 44 heavy (non-hydrogen) atoms. The van der Waals surface area contributed by atoms with Crippen molar-refractivity contribution in [2.75, 3.05) is 20.8 Å². The molecule has 0 N–H and O–H groups in total. The highest BCUT2D eigenvalue weighted by molar-refractivity contribution is 6.11. The first-order valence-corrected chi connectivity index (χ1v) is 15.8. The smallest absolute Gasteiger partial charge is 0.265 e. The molecule has 0 radical (unpaired) electrons. The third-order valence-corrected chi connectivity index (χ3v) is 7.69. The van der Waals surface area contributed by atoms with Crippen molar-refractivity contribution < 1.29 is 52.3 Å². The van der Waals surface area contributed by atoms with Crippen LogP contribution >= 0.6 is 0 Å². The van der Waals surface area contributed by atoms with Gasteiger partial charge in [-0.3, -0.25) is 14.5 Å². The summed E-state index contributed by atoms with van der Waals surface area (Å²) in [5.41, 5.74) is 1.50. The normalized spacial score (nSPS) is 10.5. The fourth-order valence-corrected chi connectivity index (χ4v) is 5.18. The minimum Gasteiger partial charge on any atom is -1.00 e. The quantitative estimate of drug-likeness (QED) is 0.0773. The zero-order chi connectivity index (χ0) is 30.9. The van der Waals surface area contributed by atoms with Gasteiger partial charge < -0.3 is 38.2 Å². The van der Waals surface area contributed by atoms with Gasteiger partial charge in [0.2, 0.25) is 5.69 Å². The van der Waals surface area contributed by atoms with E-state index in [0.717, 1.165) is 18.5 Å². The summed E-state index contributed by atoms with van der Waals surface area (Å²) in [7, 11) is 3.07. The molecule has 240 valence electrons. The van der Waals surface area contributed by atoms with Gasteiger partial charge in [-0.2, -0.15) is 0 Å². The molecule has 7 nitrogen and oxygen atoms in total. The maximum Gasteiger partial charge on any atom is 0.265 e. The number of unbranched alkanes of at least 4 members (excludes halogenated alkanes) is 9. The number of nitrogens with zero attached hydrogens (tertiary/aromatic N) is 2. The first-order chi connectivity index (χ1) is 21.0. The Balaban J connectivity index is 0.00000675. The number of halogens is 1. The van der Waals surface area contributed by atoms with E-state index in [1.807, 2.05) is 35.9 Å². The minimum absolute atomic E-state index is 0. The molecule has 0 unspecified atom stereocenters. The number of hydrogen-bond donors (Lipinski definition) is 0. The zero-order valence-electron chi connectivity index (χ0n) is 26.9. The van der Waals surface area contributed by atoms with Crippen LogP contribution in [0, 0.1) is 0 Å². The Morgan fingerprint density at radius 2 is 1.34 bits per heavy atom. The summed E-state index contributed by atoms with van der Waals surface area (Å²) >= 11 is 0. The Morgan fingerprint density at radius 3 is 2.00 bits per heavy atom. The lowest BCUT2D eigenvalue weighted by Gasteiger charge is -2.22. The molecule has 1 aromatic heterocycles. The van der Waals surface area contributed by atoms with Crippen LogP contribution in [0.15, 0.2) is 66.9 Å². The van der Waals surface area contributed by atoms with Crippen LogP contribution in [0.25, 0.3) is 0 Å². The van der Waals surface area contributed by atoms with E-state index in [-0.39, 0.29) is 30.5 Å². The van der Waals surface area contributed by atoms with Crippen LogP contribution in [0.3, 0.4) is 0 Å². The Kier molecular flexibility index (Phi) is 17.5.